The molecular weight excluding hydrogens is 270 g/mol. The Morgan fingerprint density at radius 3 is 2.89 bits per heavy atom. The minimum Gasteiger partial charge on any atom is -0.462 e. The predicted octanol–water partition coefficient (Wildman–Crippen LogP) is 1.60. The smallest absolute Gasteiger partial charge is 0.338 e. The molecule has 0 aliphatic carbocycles. The van der Waals surface area contributed by atoms with Crippen molar-refractivity contribution in [2.75, 3.05) is 19.7 Å². The molecule has 0 saturated carbocycles. The van der Waals surface area contributed by atoms with Crippen LogP contribution in [-0.4, -0.2) is 36.7 Å². The molecule has 0 saturated heterocycles. The zero-order valence-corrected chi connectivity index (χ0v) is 11.4. The average molecular weight is 286 g/mol. The van der Waals surface area contributed by atoms with Crippen molar-refractivity contribution in [3.63, 3.8) is 0 Å². The standard InChI is InChI=1S/C12H16ClN3O3/c1-2-14-12(18)16-5-3-7-19-11(17)9-4-6-15-10(13)8-9/h4,6,8H,2-3,5,7H2,1H3,(H2,14,16,18). The van der Waals surface area contributed by atoms with E-state index >= 15 is 0 Å². The van der Waals surface area contributed by atoms with Crippen LogP contribution in [0.25, 0.3) is 0 Å². The summed E-state index contributed by atoms with van der Waals surface area (Å²) in [6, 6.07) is 2.74. The summed E-state index contributed by atoms with van der Waals surface area (Å²) >= 11 is 5.66. The van der Waals surface area contributed by atoms with Crippen molar-refractivity contribution >= 4 is 23.6 Å². The number of rotatable bonds is 6. The molecule has 1 aromatic heterocycles. The van der Waals surface area contributed by atoms with Gasteiger partial charge in [-0.25, -0.2) is 14.6 Å². The van der Waals surface area contributed by atoms with Crippen molar-refractivity contribution in [2.45, 2.75) is 13.3 Å². The first-order valence-corrected chi connectivity index (χ1v) is 6.31. The highest BCUT2D eigenvalue weighted by Gasteiger charge is 2.07. The normalized spacial score (nSPS) is 9.79. The van der Waals surface area contributed by atoms with E-state index in [1.54, 1.807) is 0 Å². The second-order valence-corrected chi connectivity index (χ2v) is 4.03. The molecule has 0 atom stereocenters. The van der Waals surface area contributed by atoms with Crippen molar-refractivity contribution in [1.82, 2.24) is 15.6 Å². The van der Waals surface area contributed by atoms with E-state index in [1.165, 1.54) is 18.3 Å². The quantitative estimate of drug-likeness (QED) is 0.473. The molecule has 1 aromatic rings. The van der Waals surface area contributed by atoms with Gasteiger partial charge < -0.3 is 15.4 Å². The van der Waals surface area contributed by atoms with Gasteiger partial charge in [0.15, 0.2) is 0 Å². The molecule has 0 aromatic carbocycles. The Hall–Kier alpha value is -1.82. The Morgan fingerprint density at radius 1 is 1.42 bits per heavy atom. The zero-order valence-electron chi connectivity index (χ0n) is 10.6. The number of carbonyl (C=O) groups is 2. The molecule has 0 unspecified atom stereocenters. The number of aromatic nitrogens is 1. The number of pyridine rings is 1. The van der Waals surface area contributed by atoms with Crippen LogP contribution in [0.2, 0.25) is 5.15 Å². The summed E-state index contributed by atoms with van der Waals surface area (Å²) in [5.41, 5.74) is 0.358. The van der Waals surface area contributed by atoms with Gasteiger partial charge in [-0.15, -0.1) is 0 Å². The SMILES string of the molecule is CCNC(=O)NCCCOC(=O)c1ccnc(Cl)c1. The molecule has 2 amide bonds. The molecule has 1 heterocycles. The molecule has 0 bridgehead atoms. The van der Waals surface area contributed by atoms with Crippen LogP contribution in [0.4, 0.5) is 4.79 Å². The summed E-state index contributed by atoms with van der Waals surface area (Å²) in [6.45, 7) is 3.08. The third-order valence-corrected chi connectivity index (χ3v) is 2.35. The van der Waals surface area contributed by atoms with E-state index in [1.807, 2.05) is 6.92 Å². The minimum absolute atomic E-state index is 0.227. The second-order valence-electron chi connectivity index (χ2n) is 3.64. The molecule has 104 valence electrons. The highest BCUT2D eigenvalue weighted by Crippen LogP contribution is 2.08. The highest BCUT2D eigenvalue weighted by atomic mass is 35.5. The lowest BCUT2D eigenvalue weighted by molar-refractivity contribution is 0.0501. The lowest BCUT2D eigenvalue weighted by Gasteiger charge is -2.07. The van der Waals surface area contributed by atoms with E-state index in [-0.39, 0.29) is 17.8 Å². The lowest BCUT2D eigenvalue weighted by Crippen LogP contribution is -2.36. The number of hydrogen-bond acceptors (Lipinski definition) is 4. The molecule has 19 heavy (non-hydrogen) atoms. The molecular formula is C12H16ClN3O3. The average Bonchev–Trinajstić information content (AvgIpc) is 2.38. The largest absolute Gasteiger partial charge is 0.462 e. The number of carbonyl (C=O) groups excluding carboxylic acids is 2. The molecule has 0 radical (unpaired) electrons. The molecule has 7 heteroatoms. The van der Waals surface area contributed by atoms with Gasteiger partial charge in [-0.3, -0.25) is 0 Å². The van der Waals surface area contributed by atoms with Crippen molar-refractivity contribution in [1.29, 1.82) is 0 Å². The van der Waals surface area contributed by atoms with E-state index in [0.717, 1.165) is 0 Å². The number of esters is 1. The van der Waals surface area contributed by atoms with Gasteiger partial charge in [-0.2, -0.15) is 0 Å². The van der Waals surface area contributed by atoms with Gasteiger partial charge in [0.05, 0.1) is 12.2 Å². The first-order valence-electron chi connectivity index (χ1n) is 5.94. The number of halogens is 1. The maximum absolute atomic E-state index is 11.6. The van der Waals surface area contributed by atoms with Crippen LogP contribution >= 0.6 is 11.6 Å². The Kier molecular flexibility index (Phi) is 6.67. The Labute approximate surface area is 116 Å². The Morgan fingerprint density at radius 2 is 2.21 bits per heavy atom. The highest BCUT2D eigenvalue weighted by molar-refractivity contribution is 6.29. The summed E-state index contributed by atoms with van der Waals surface area (Å²) in [4.78, 5) is 26.4. The van der Waals surface area contributed by atoms with Gasteiger partial charge in [0.2, 0.25) is 0 Å². The number of nitrogens with one attached hydrogen (secondary N) is 2. The first kappa shape index (κ1) is 15.2. The monoisotopic (exact) mass is 285 g/mol. The predicted molar refractivity (Wildman–Crippen MR) is 71.2 cm³/mol. The van der Waals surface area contributed by atoms with Crippen LogP contribution in [-0.2, 0) is 4.74 Å². The third-order valence-electron chi connectivity index (χ3n) is 2.14. The topological polar surface area (TPSA) is 80.3 Å². The van der Waals surface area contributed by atoms with Gasteiger partial charge in [0.25, 0.3) is 0 Å². The summed E-state index contributed by atoms with van der Waals surface area (Å²) in [5.74, 6) is -0.456. The van der Waals surface area contributed by atoms with Crippen molar-refractivity contribution in [3.05, 3.63) is 29.0 Å². The van der Waals surface area contributed by atoms with Gasteiger partial charge in [0.1, 0.15) is 5.15 Å². The van der Waals surface area contributed by atoms with Crippen LogP contribution in [0.15, 0.2) is 18.3 Å². The van der Waals surface area contributed by atoms with E-state index in [2.05, 4.69) is 15.6 Å². The van der Waals surface area contributed by atoms with E-state index < -0.39 is 5.97 Å². The minimum atomic E-state index is -0.456. The number of urea groups is 1. The van der Waals surface area contributed by atoms with Crippen LogP contribution in [0.1, 0.15) is 23.7 Å². The first-order chi connectivity index (χ1) is 9.13. The van der Waals surface area contributed by atoms with Crippen molar-refractivity contribution < 1.29 is 14.3 Å². The maximum atomic E-state index is 11.6. The van der Waals surface area contributed by atoms with Crippen molar-refractivity contribution in [3.8, 4) is 0 Å². The van der Waals surface area contributed by atoms with E-state index in [9.17, 15) is 9.59 Å². The van der Waals surface area contributed by atoms with Crippen LogP contribution in [0, 0.1) is 0 Å². The second kappa shape index (κ2) is 8.31. The van der Waals surface area contributed by atoms with Gasteiger partial charge in [-0.05, 0) is 25.5 Å². The van der Waals surface area contributed by atoms with Gasteiger partial charge >= 0.3 is 12.0 Å². The number of hydrogen-bond donors (Lipinski definition) is 2. The molecule has 0 aliphatic heterocycles. The summed E-state index contributed by atoms with van der Waals surface area (Å²) in [7, 11) is 0. The molecule has 0 spiro atoms. The molecule has 1 rings (SSSR count). The summed E-state index contributed by atoms with van der Waals surface area (Å²) < 4.78 is 5.03. The zero-order chi connectivity index (χ0) is 14.1. The van der Waals surface area contributed by atoms with E-state index in [0.29, 0.717) is 25.1 Å². The number of nitrogens with zero attached hydrogens (tertiary/aromatic N) is 1. The molecule has 2 N–H and O–H groups in total. The fraction of sp³-hybridized carbons (Fsp3) is 0.417. The number of amides is 2. The maximum Gasteiger partial charge on any atom is 0.338 e. The summed E-state index contributed by atoms with van der Waals surface area (Å²) in [5, 5.41) is 5.47. The van der Waals surface area contributed by atoms with Crippen LogP contribution in [0.3, 0.4) is 0 Å². The summed E-state index contributed by atoms with van der Waals surface area (Å²) in [6.07, 6.45) is 1.98. The van der Waals surface area contributed by atoms with Crippen LogP contribution in [0.5, 0.6) is 0 Å². The number of ether oxygens (including phenoxy) is 1. The molecule has 6 nitrogen and oxygen atoms in total. The van der Waals surface area contributed by atoms with Crippen molar-refractivity contribution in [2.24, 2.45) is 0 Å². The fourth-order valence-electron chi connectivity index (χ4n) is 1.27. The molecule has 0 fully saturated rings. The van der Waals surface area contributed by atoms with Gasteiger partial charge in [0, 0.05) is 19.3 Å². The third kappa shape index (κ3) is 6.05. The fourth-order valence-corrected chi connectivity index (χ4v) is 1.45. The van der Waals surface area contributed by atoms with Gasteiger partial charge in [-0.1, -0.05) is 11.6 Å². The lowest BCUT2D eigenvalue weighted by atomic mass is 10.3. The molecule has 0 aliphatic rings. The Balaban J connectivity index is 2.19. The van der Waals surface area contributed by atoms with Crippen LogP contribution < -0.4 is 10.6 Å². The van der Waals surface area contributed by atoms with E-state index in [4.69, 9.17) is 16.3 Å². The Bertz CT molecular complexity index is 440.